The lowest BCUT2D eigenvalue weighted by atomic mass is 9.97. The molecule has 106 valence electrons. The topological polar surface area (TPSA) is 24.9 Å². The largest absolute Gasteiger partial charge is 0.309 e. The zero-order valence-corrected chi connectivity index (χ0v) is 12.1. The van der Waals surface area contributed by atoms with Gasteiger partial charge >= 0.3 is 0 Å². The Morgan fingerprint density at radius 1 is 1.10 bits per heavy atom. The summed E-state index contributed by atoms with van der Waals surface area (Å²) >= 11 is 0. The van der Waals surface area contributed by atoms with Crippen molar-refractivity contribution in [2.45, 2.75) is 13.0 Å². The number of aromatic nitrogens is 1. The average Bonchev–Trinajstić information content (AvgIpc) is 2.50. The van der Waals surface area contributed by atoms with Crippen LogP contribution in [0.1, 0.15) is 22.7 Å². The molecule has 0 aliphatic rings. The van der Waals surface area contributed by atoms with Crippen molar-refractivity contribution in [2.75, 3.05) is 7.05 Å². The average molecular weight is 280 g/mol. The smallest absolute Gasteiger partial charge is 0.128 e. The van der Waals surface area contributed by atoms with Crippen LogP contribution in [0, 0.1) is 12.7 Å². The van der Waals surface area contributed by atoms with Crippen LogP contribution in [0.3, 0.4) is 0 Å². The van der Waals surface area contributed by atoms with E-state index in [0.29, 0.717) is 5.56 Å². The van der Waals surface area contributed by atoms with Gasteiger partial charge in [-0.2, -0.15) is 0 Å². The van der Waals surface area contributed by atoms with E-state index in [9.17, 15) is 4.39 Å². The molecular weight excluding hydrogens is 263 g/mol. The van der Waals surface area contributed by atoms with E-state index in [-0.39, 0.29) is 11.9 Å². The van der Waals surface area contributed by atoms with Gasteiger partial charge in [-0.3, -0.25) is 4.98 Å². The highest BCUT2D eigenvalue weighted by Gasteiger charge is 2.16. The van der Waals surface area contributed by atoms with Crippen LogP contribution in [-0.2, 0) is 0 Å². The van der Waals surface area contributed by atoms with E-state index in [0.717, 1.165) is 22.0 Å². The second-order valence-corrected chi connectivity index (χ2v) is 5.21. The van der Waals surface area contributed by atoms with Crippen molar-refractivity contribution in [2.24, 2.45) is 0 Å². The van der Waals surface area contributed by atoms with Crippen LogP contribution in [0.2, 0.25) is 0 Å². The van der Waals surface area contributed by atoms with Crippen molar-refractivity contribution in [1.29, 1.82) is 0 Å². The minimum Gasteiger partial charge on any atom is -0.309 e. The fourth-order valence-electron chi connectivity index (χ4n) is 2.61. The standard InChI is InChI=1S/C18H17FN2/c1-12-7-8-15(16(19)9-12)18(20-2)14-10-13-5-3-4-6-17(13)21-11-14/h3-11,18,20H,1-2H3. The van der Waals surface area contributed by atoms with Crippen molar-refractivity contribution in [3.8, 4) is 0 Å². The van der Waals surface area contributed by atoms with Gasteiger partial charge in [-0.05, 0) is 43.3 Å². The predicted octanol–water partition coefficient (Wildman–Crippen LogP) is 3.99. The SMILES string of the molecule is CNC(c1cnc2ccccc2c1)c1ccc(C)cc1F. The lowest BCUT2D eigenvalue weighted by molar-refractivity contribution is 0.575. The van der Waals surface area contributed by atoms with Gasteiger partial charge in [0.2, 0.25) is 0 Å². The number of aryl methyl sites for hydroxylation is 1. The lowest BCUT2D eigenvalue weighted by Crippen LogP contribution is -2.19. The molecule has 0 aliphatic carbocycles. The van der Waals surface area contributed by atoms with E-state index in [1.54, 1.807) is 6.07 Å². The number of pyridine rings is 1. The maximum atomic E-state index is 14.2. The van der Waals surface area contributed by atoms with Crippen molar-refractivity contribution in [3.05, 3.63) is 77.2 Å². The molecular formula is C18H17FN2. The molecule has 0 fully saturated rings. The quantitative estimate of drug-likeness (QED) is 0.784. The summed E-state index contributed by atoms with van der Waals surface area (Å²) in [6.07, 6.45) is 1.81. The first kappa shape index (κ1) is 13.7. The Kier molecular flexibility index (Phi) is 3.67. The first-order chi connectivity index (χ1) is 10.2. The van der Waals surface area contributed by atoms with E-state index in [1.807, 2.05) is 56.6 Å². The molecule has 0 amide bonds. The van der Waals surface area contributed by atoms with E-state index >= 15 is 0 Å². The van der Waals surface area contributed by atoms with E-state index < -0.39 is 0 Å². The zero-order chi connectivity index (χ0) is 14.8. The van der Waals surface area contributed by atoms with Gasteiger partial charge in [-0.1, -0.05) is 30.3 Å². The van der Waals surface area contributed by atoms with Crippen LogP contribution >= 0.6 is 0 Å². The van der Waals surface area contributed by atoms with Crippen LogP contribution in [0.25, 0.3) is 10.9 Å². The Morgan fingerprint density at radius 2 is 1.90 bits per heavy atom. The van der Waals surface area contributed by atoms with Gasteiger partial charge in [0.15, 0.2) is 0 Å². The van der Waals surface area contributed by atoms with Crippen molar-refractivity contribution >= 4 is 10.9 Å². The van der Waals surface area contributed by atoms with Gasteiger partial charge < -0.3 is 5.32 Å². The summed E-state index contributed by atoms with van der Waals surface area (Å²) in [7, 11) is 1.83. The molecule has 0 saturated carbocycles. The summed E-state index contributed by atoms with van der Waals surface area (Å²) in [6, 6.07) is 15.1. The van der Waals surface area contributed by atoms with Crippen LogP contribution in [0.4, 0.5) is 4.39 Å². The first-order valence-electron chi connectivity index (χ1n) is 6.97. The summed E-state index contributed by atoms with van der Waals surface area (Å²) in [5.74, 6) is -0.192. The molecule has 21 heavy (non-hydrogen) atoms. The predicted molar refractivity (Wildman–Crippen MR) is 83.8 cm³/mol. The van der Waals surface area contributed by atoms with Crippen LogP contribution < -0.4 is 5.32 Å². The number of benzene rings is 2. The molecule has 1 aromatic heterocycles. The maximum absolute atomic E-state index is 14.2. The minimum atomic E-state index is -0.206. The van der Waals surface area contributed by atoms with Crippen molar-refractivity contribution < 1.29 is 4.39 Å². The third kappa shape index (κ3) is 2.65. The molecule has 2 aromatic carbocycles. The molecule has 0 radical (unpaired) electrons. The lowest BCUT2D eigenvalue weighted by Gasteiger charge is -2.18. The van der Waals surface area contributed by atoms with E-state index in [4.69, 9.17) is 0 Å². The Hall–Kier alpha value is -2.26. The highest BCUT2D eigenvalue weighted by molar-refractivity contribution is 5.79. The third-order valence-corrected chi connectivity index (χ3v) is 3.70. The summed E-state index contributed by atoms with van der Waals surface area (Å²) < 4.78 is 14.2. The van der Waals surface area contributed by atoms with Crippen molar-refractivity contribution in [3.63, 3.8) is 0 Å². The number of hydrogen-bond donors (Lipinski definition) is 1. The number of rotatable bonds is 3. The first-order valence-corrected chi connectivity index (χ1v) is 6.97. The van der Waals surface area contributed by atoms with E-state index in [1.165, 1.54) is 0 Å². The zero-order valence-electron chi connectivity index (χ0n) is 12.1. The van der Waals surface area contributed by atoms with Gasteiger partial charge in [-0.25, -0.2) is 4.39 Å². The molecule has 1 atom stereocenters. The highest BCUT2D eigenvalue weighted by atomic mass is 19.1. The molecule has 3 rings (SSSR count). The van der Waals surface area contributed by atoms with E-state index in [2.05, 4.69) is 16.4 Å². The molecule has 0 bridgehead atoms. The molecule has 3 aromatic rings. The Labute approximate surface area is 123 Å². The summed E-state index contributed by atoms with van der Waals surface area (Å²) in [6.45, 7) is 1.89. The molecule has 1 unspecified atom stereocenters. The van der Waals surface area contributed by atoms with Gasteiger partial charge in [0.05, 0.1) is 11.6 Å². The van der Waals surface area contributed by atoms with Crippen molar-refractivity contribution in [1.82, 2.24) is 10.3 Å². The molecule has 0 saturated heterocycles. The number of nitrogens with zero attached hydrogens (tertiary/aromatic N) is 1. The van der Waals surface area contributed by atoms with Crippen LogP contribution in [0.15, 0.2) is 54.7 Å². The second kappa shape index (κ2) is 5.62. The number of nitrogens with one attached hydrogen (secondary N) is 1. The van der Waals surface area contributed by atoms with Gasteiger partial charge in [0, 0.05) is 17.1 Å². The van der Waals surface area contributed by atoms with Crippen LogP contribution in [-0.4, -0.2) is 12.0 Å². The summed E-state index contributed by atoms with van der Waals surface area (Å²) in [5, 5.41) is 4.24. The second-order valence-electron chi connectivity index (χ2n) is 5.21. The molecule has 0 aliphatic heterocycles. The highest BCUT2D eigenvalue weighted by Crippen LogP contribution is 2.26. The minimum absolute atomic E-state index is 0.192. The van der Waals surface area contributed by atoms with Crippen LogP contribution in [0.5, 0.6) is 0 Å². The van der Waals surface area contributed by atoms with Gasteiger partial charge in [0.25, 0.3) is 0 Å². The summed E-state index contributed by atoms with van der Waals surface area (Å²) in [4.78, 5) is 4.46. The van der Waals surface area contributed by atoms with Gasteiger partial charge in [-0.15, -0.1) is 0 Å². The Balaban J connectivity index is 2.09. The third-order valence-electron chi connectivity index (χ3n) is 3.70. The fraction of sp³-hybridized carbons (Fsp3) is 0.167. The number of para-hydroxylation sites is 1. The van der Waals surface area contributed by atoms with Gasteiger partial charge in [0.1, 0.15) is 5.82 Å². The monoisotopic (exact) mass is 280 g/mol. The number of hydrogen-bond acceptors (Lipinski definition) is 2. The Morgan fingerprint density at radius 3 is 2.67 bits per heavy atom. The summed E-state index contributed by atoms with van der Waals surface area (Å²) in [5.41, 5.74) is 3.46. The molecule has 2 nitrogen and oxygen atoms in total. The number of fused-ring (bicyclic) bond motifs is 1. The Bertz CT molecular complexity index is 783. The number of halogens is 1. The molecule has 1 heterocycles. The normalized spacial score (nSPS) is 12.5. The molecule has 1 N–H and O–H groups in total. The molecule has 3 heteroatoms. The fourth-order valence-corrected chi connectivity index (χ4v) is 2.61. The molecule has 0 spiro atoms. The maximum Gasteiger partial charge on any atom is 0.128 e.